The summed E-state index contributed by atoms with van der Waals surface area (Å²) in [5.74, 6) is -1.26. The molecule has 1 heterocycles. The second-order valence-corrected chi connectivity index (χ2v) is 7.23. The number of urea groups is 1. The van der Waals surface area contributed by atoms with Crippen molar-refractivity contribution < 1.29 is 28.2 Å². The molecule has 9 heteroatoms. The summed E-state index contributed by atoms with van der Waals surface area (Å²) in [5, 5.41) is 2.12. The third-order valence-corrected chi connectivity index (χ3v) is 4.90. The van der Waals surface area contributed by atoms with E-state index >= 15 is 0 Å². The van der Waals surface area contributed by atoms with Crippen molar-refractivity contribution >= 4 is 52.2 Å². The van der Waals surface area contributed by atoms with E-state index in [4.69, 9.17) is 9.47 Å². The first-order valence-corrected chi connectivity index (χ1v) is 9.71. The maximum atomic E-state index is 13.2. The average Bonchev–Trinajstić information content (AvgIpc) is 2.71. The molecule has 0 saturated carbocycles. The predicted molar refractivity (Wildman–Crippen MR) is 117 cm³/mol. The number of benzene rings is 2. The summed E-state index contributed by atoms with van der Waals surface area (Å²) < 4.78 is 24.8. The normalized spacial score (nSPS) is 15.2. The highest BCUT2D eigenvalue weighted by atomic mass is 127. The number of halogens is 2. The van der Waals surface area contributed by atoms with Crippen LogP contribution >= 0.6 is 22.6 Å². The number of hydrogen-bond donors (Lipinski definition) is 1. The zero-order chi connectivity index (χ0) is 21.8. The SMILES string of the molecule is C=CCOc1c(I)cc(/C=C2/C(=O)NC(=O)N(c3ccc(F)cc3)C2=O)cc1OC. The molecule has 0 bridgehead atoms. The van der Waals surface area contributed by atoms with Crippen LogP contribution in [0.25, 0.3) is 6.08 Å². The van der Waals surface area contributed by atoms with Gasteiger partial charge in [0, 0.05) is 0 Å². The Morgan fingerprint density at radius 3 is 2.53 bits per heavy atom. The van der Waals surface area contributed by atoms with Crippen LogP contribution in [0.15, 0.2) is 54.6 Å². The number of hydrogen-bond acceptors (Lipinski definition) is 5. The summed E-state index contributed by atoms with van der Waals surface area (Å²) >= 11 is 2.05. The van der Waals surface area contributed by atoms with Crippen LogP contribution < -0.4 is 19.7 Å². The Hall–Kier alpha value is -3.21. The van der Waals surface area contributed by atoms with Crippen molar-refractivity contribution in [1.29, 1.82) is 0 Å². The molecule has 2 aromatic rings. The molecule has 0 aromatic heterocycles. The predicted octanol–water partition coefficient (Wildman–Crippen LogP) is 3.67. The van der Waals surface area contributed by atoms with E-state index in [2.05, 4.69) is 11.9 Å². The fraction of sp³-hybridized carbons (Fsp3) is 0.0952. The number of ether oxygens (including phenoxy) is 2. The van der Waals surface area contributed by atoms with Crippen molar-refractivity contribution in [2.75, 3.05) is 18.6 Å². The summed E-state index contributed by atoms with van der Waals surface area (Å²) in [6, 6.07) is 7.18. The highest BCUT2D eigenvalue weighted by Gasteiger charge is 2.36. The molecule has 0 spiro atoms. The molecule has 0 radical (unpaired) electrons. The number of carbonyl (C=O) groups is 3. The van der Waals surface area contributed by atoms with Gasteiger partial charge in [-0.1, -0.05) is 12.7 Å². The molecule has 2 aromatic carbocycles. The zero-order valence-electron chi connectivity index (χ0n) is 15.8. The zero-order valence-corrected chi connectivity index (χ0v) is 17.9. The molecule has 154 valence electrons. The number of nitrogens with zero attached hydrogens (tertiary/aromatic N) is 1. The molecule has 1 aliphatic rings. The van der Waals surface area contributed by atoms with Crippen LogP contribution in [0, 0.1) is 9.39 Å². The van der Waals surface area contributed by atoms with E-state index in [1.54, 1.807) is 18.2 Å². The Morgan fingerprint density at radius 1 is 1.20 bits per heavy atom. The van der Waals surface area contributed by atoms with E-state index in [-0.39, 0.29) is 17.9 Å². The third kappa shape index (κ3) is 4.35. The highest BCUT2D eigenvalue weighted by Crippen LogP contribution is 2.35. The third-order valence-electron chi connectivity index (χ3n) is 4.09. The number of nitrogens with one attached hydrogen (secondary N) is 1. The van der Waals surface area contributed by atoms with Gasteiger partial charge in [0.25, 0.3) is 11.8 Å². The number of imide groups is 2. The van der Waals surface area contributed by atoms with Gasteiger partial charge < -0.3 is 9.47 Å². The van der Waals surface area contributed by atoms with Gasteiger partial charge in [0.05, 0.1) is 16.4 Å². The monoisotopic (exact) mass is 522 g/mol. The highest BCUT2D eigenvalue weighted by molar-refractivity contribution is 14.1. The van der Waals surface area contributed by atoms with Crippen LogP contribution in [-0.4, -0.2) is 31.6 Å². The molecule has 0 unspecified atom stereocenters. The van der Waals surface area contributed by atoms with Gasteiger partial charge in [0.15, 0.2) is 11.5 Å². The molecule has 0 atom stereocenters. The lowest BCUT2D eigenvalue weighted by Crippen LogP contribution is -2.54. The minimum absolute atomic E-state index is 0.137. The lowest BCUT2D eigenvalue weighted by Gasteiger charge is -2.26. The van der Waals surface area contributed by atoms with Crippen LogP contribution in [0.2, 0.25) is 0 Å². The summed E-state index contributed by atoms with van der Waals surface area (Å²) in [6.45, 7) is 3.88. The number of rotatable bonds is 6. The van der Waals surface area contributed by atoms with Crippen LogP contribution in [0.1, 0.15) is 5.56 Å². The summed E-state index contributed by atoms with van der Waals surface area (Å²) in [7, 11) is 1.47. The van der Waals surface area contributed by atoms with E-state index < -0.39 is 23.7 Å². The van der Waals surface area contributed by atoms with Gasteiger partial charge in [-0.2, -0.15) is 0 Å². The van der Waals surface area contributed by atoms with Gasteiger partial charge in [0.2, 0.25) is 0 Å². The molecule has 30 heavy (non-hydrogen) atoms. The van der Waals surface area contributed by atoms with Crippen LogP contribution in [-0.2, 0) is 9.59 Å². The minimum atomic E-state index is -0.908. The molecule has 0 aliphatic carbocycles. The summed E-state index contributed by atoms with van der Waals surface area (Å²) in [5.41, 5.74) is 0.378. The van der Waals surface area contributed by atoms with Gasteiger partial charge in [-0.15, -0.1) is 0 Å². The molecule has 7 nitrogen and oxygen atoms in total. The first kappa shape index (κ1) is 21.5. The number of methoxy groups -OCH3 is 1. The first-order chi connectivity index (χ1) is 14.3. The standard InChI is InChI=1S/C21H16FIN2O5/c1-3-8-30-18-16(23)10-12(11-17(18)29-2)9-15-19(26)24-21(28)25(20(15)27)14-6-4-13(22)5-7-14/h3-7,9-11H,1,8H2,2H3,(H,24,26,28)/b15-9-. The van der Waals surface area contributed by atoms with Crippen molar-refractivity contribution in [3.05, 3.63) is 69.6 Å². The smallest absolute Gasteiger partial charge is 0.335 e. The Morgan fingerprint density at radius 2 is 1.90 bits per heavy atom. The summed E-state index contributed by atoms with van der Waals surface area (Å²) in [6.07, 6.45) is 2.94. The molecule has 1 aliphatic heterocycles. The van der Waals surface area contributed by atoms with Crippen molar-refractivity contribution in [1.82, 2.24) is 5.32 Å². The fourth-order valence-corrected chi connectivity index (χ4v) is 3.54. The van der Waals surface area contributed by atoms with Gasteiger partial charge in [-0.25, -0.2) is 14.1 Å². The number of barbiturate groups is 1. The van der Waals surface area contributed by atoms with Crippen molar-refractivity contribution in [3.63, 3.8) is 0 Å². The molecule has 1 N–H and O–H groups in total. The lowest BCUT2D eigenvalue weighted by molar-refractivity contribution is -0.122. The second-order valence-electron chi connectivity index (χ2n) is 6.07. The fourth-order valence-electron chi connectivity index (χ4n) is 2.75. The molecule has 1 saturated heterocycles. The van der Waals surface area contributed by atoms with E-state index in [1.165, 1.54) is 25.3 Å². The first-order valence-electron chi connectivity index (χ1n) is 8.64. The van der Waals surface area contributed by atoms with Crippen molar-refractivity contribution in [3.8, 4) is 11.5 Å². The maximum Gasteiger partial charge on any atom is 0.335 e. The average molecular weight is 522 g/mol. The summed E-state index contributed by atoms with van der Waals surface area (Å²) in [4.78, 5) is 38.2. The topological polar surface area (TPSA) is 84.9 Å². The Bertz CT molecular complexity index is 1070. The number of amides is 4. The van der Waals surface area contributed by atoms with Crippen LogP contribution in [0.3, 0.4) is 0 Å². The van der Waals surface area contributed by atoms with Crippen molar-refractivity contribution in [2.24, 2.45) is 0 Å². The number of carbonyl (C=O) groups excluding carboxylic acids is 3. The molecule has 3 rings (SSSR count). The maximum absolute atomic E-state index is 13.2. The van der Waals surface area contributed by atoms with Gasteiger partial charge in [-0.05, 0) is 70.6 Å². The van der Waals surface area contributed by atoms with Crippen molar-refractivity contribution in [2.45, 2.75) is 0 Å². The molecule has 4 amide bonds. The van der Waals surface area contributed by atoms with Crippen LogP contribution in [0.5, 0.6) is 11.5 Å². The van der Waals surface area contributed by atoms with E-state index in [9.17, 15) is 18.8 Å². The van der Waals surface area contributed by atoms with E-state index in [0.717, 1.165) is 17.0 Å². The number of anilines is 1. The lowest BCUT2D eigenvalue weighted by atomic mass is 10.1. The Labute approximate surface area is 185 Å². The molecule has 1 fully saturated rings. The second kappa shape index (κ2) is 9.08. The largest absolute Gasteiger partial charge is 0.493 e. The van der Waals surface area contributed by atoms with Gasteiger partial charge in [-0.3, -0.25) is 14.9 Å². The quantitative estimate of drug-likeness (QED) is 0.271. The van der Waals surface area contributed by atoms with E-state index in [1.807, 2.05) is 22.6 Å². The molecular weight excluding hydrogens is 506 g/mol. The minimum Gasteiger partial charge on any atom is -0.493 e. The van der Waals surface area contributed by atoms with Crippen LogP contribution in [0.4, 0.5) is 14.9 Å². The Kier molecular flexibility index (Phi) is 6.50. The van der Waals surface area contributed by atoms with Gasteiger partial charge in [0.1, 0.15) is 18.0 Å². The van der Waals surface area contributed by atoms with Gasteiger partial charge >= 0.3 is 6.03 Å². The van der Waals surface area contributed by atoms with E-state index in [0.29, 0.717) is 20.6 Å². The Balaban J connectivity index is 2.01. The molecular formula is C21H16FIN2O5.